The maximum atomic E-state index is 13.4. The van der Waals surface area contributed by atoms with Crippen molar-refractivity contribution in [2.75, 3.05) is 5.32 Å². The third-order valence-corrected chi connectivity index (χ3v) is 5.77. The number of benzene rings is 2. The van der Waals surface area contributed by atoms with Crippen LogP contribution in [0.3, 0.4) is 0 Å². The van der Waals surface area contributed by atoms with Gasteiger partial charge in [-0.2, -0.15) is 0 Å². The fourth-order valence-electron chi connectivity index (χ4n) is 3.57. The molecule has 2 heterocycles. The summed E-state index contributed by atoms with van der Waals surface area (Å²) in [7, 11) is 1.77. The third-order valence-electron chi connectivity index (χ3n) is 5.27. The first kappa shape index (κ1) is 20.9. The fourth-order valence-corrected chi connectivity index (χ4v) is 3.97. The van der Waals surface area contributed by atoms with Gasteiger partial charge in [-0.3, -0.25) is 14.2 Å². The van der Waals surface area contributed by atoms with Crippen LogP contribution in [0.25, 0.3) is 16.7 Å². The molecular formula is C23H21BrN4O3. The molecule has 0 saturated heterocycles. The molecule has 0 radical (unpaired) electrons. The summed E-state index contributed by atoms with van der Waals surface area (Å²) in [6, 6.07) is 16.1. The van der Waals surface area contributed by atoms with Crippen molar-refractivity contribution in [3.8, 4) is 5.69 Å². The number of carbonyl (C=O) groups excluding carboxylic acids is 1. The van der Waals surface area contributed by atoms with Crippen LogP contribution in [0.5, 0.6) is 0 Å². The molecule has 0 bridgehead atoms. The Labute approximate surface area is 186 Å². The molecule has 31 heavy (non-hydrogen) atoms. The topological polar surface area (TPSA) is 78.0 Å². The van der Waals surface area contributed by atoms with Gasteiger partial charge in [-0.05, 0) is 50.2 Å². The van der Waals surface area contributed by atoms with Gasteiger partial charge in [0.2, 0.25) is 5.91 Å². The lowest BCUT2D eigenvalue weighted by molar-refractivity contribution is -0.116. The molecule has 0 spiro atoms. The van der Waals surface area contributed by atoms with Crippen molar-refractivity contribution in [1.29, 1.82) is 0 Å². The second-order valence-corrected chi connectivity index (χ2v) is 8.40. The van der Waals surface area contributed by atoms with Crippen molar-refractivity contribution in [2.24, 2.45) is 7.05 Å². The first-order valence-corrected chi connectivity index (χ1v) is 10.5. The zero-order chi connectivity index (χ0) is 22.3. The van der Waals surface area contributed by atoms with E-state index in [-0.39, 0.29) is 12.5 Å². The minimum atomic E-state index is -0.559. The van der Waals surface area contributed by atoms with Gasteiger partial charge in [0.15, 0.2) is 0 Å². The highest BCUT2D eigenvalue weighted by Gasteiger charge is 2.20. The Morgan fingerprint density at radius 3 is 2.42 bits per heavy atom. The number of aromatic nitrogens is 3. The number of aryl methyl sites for hydroxylation is 3. The predicted octanol–water partition coefficient (Wildman–Crippen LogP) is 3.51. The summed E-state index contributed by atoms with van der Waals surface area (Å²) < 4.78 is 5.03. The van der Waals surface area contributed by atoms with E-state index in [4.69, 9.17) is 0 Å². The number of hydrogen-bond donors (Lipinski definition) is 1. The Morgan fingerprint density at radius 1 is 1.03 bits per heavy atom. The van der Waals surface area contributed by atoms with Crippen molar-refractivity contribution < 1.29 is 4.79 Å². The van der Waals surface area contributed by atoms with E-state index in [0.29, 0.717) is 22.4 Å². The zero-order valence-corrected chi connectivity index (χ0v) is 18.9. The summed E-state index contributed by atoms with van der Waals surface area (Å²) in [5.74, 6) is -0.364. The molecule has 0 aliphatic heterocycles. The van der Waals surface area contributed by atoms with Gasteiger partial charge in [0, 0.05) is 22.9 Å². The van der Waals surface area contributed by atoms with Gasteiger partial charge in [0.25, 0.3) is 5.56 Å². The summed E-state index contributed by atoms with van der Waals surface area (Å²) in [6.45, 7) is 3.56. The van der Waals surface area contributed by atoms with Crippen LogP contribution in [0.1, 0.15) is 11.3 Å². The van der Waals surface area contributed by atoms with E-state index in [0.717, 1.165) is 20.3 Å². The van der Waals surface area contributed by atoms with E-state index in [2.05, 4.69) is 21.2 Å². The second kappa shape index (κ2) is 8.03. The number of nitrogens with one attached hydrogen (secondary N) is 1. The molecular weight excluding hydrogens is 460 g/mol. The normalized spacial score (nSPS) is 11.1. The van der Waals surface area contributed by atoms with Gasteiger partial charge in [-0.25, -0.2) is 9.36 Å². The largest absolute Gasteiger partial charge is 0.342 e. The summed E-state index contributed by atoms with van der Waals surface area (Å²) in [6.07, 6.45) is 0. The van der Waals surface area contributed by atoms with E-state index < -0.39 is 11.2 Å². The van der Waals surface area contributed by atoms with Gasteiger partial charge in [0.05, 0.1) is 11.2 Å². The molecule has 1 N–H and O–H groups in total. The number of fused-ring (bicyclic) bond motifs is 1. The molecule has 0 atom stereocenters. The number of halogens is 1. The highest BCUT2D eigenvalue weighted by molar-refractivity contribution is 9.10. The van der Waals surface area contributed by atoms with Crippen LogP contribution in [-0.4, -0.2) is 19.6 Å². The summed E-state index contributed by atoms with van der Waals surface area (Å²) >= 11 is 3.37. The first-order chi connectivity index (χ1) is 14.8. The van der Waals surface area contributed by atoms with Crippen LogP contribution in [-0.2, 0) is 18.4 Å². The summed E-state index contributed by atoms with van der Waals surface area (Å²) in [5.41, 5.74) is 2.73. The molecule has 0 aliphatic rings. The van der Waals surface area contributed by atoms with E-state index in [1.165, 1.54) is 4.57 Å². The van der Waals surface area contributed by atoms with Crippen molar-refractivity contribution in [2.45, 2.75) is 20.4 Å². The number of nitrogens with zero attached hydrogens (tertiary/aromatic N) is 3. The molecule has 2 aromatic heterocycles. The van der Waals surface area contributed by atoms with Crippen LogP contribution in [0.2, 0.25) is 0 Å². The predicted molar refractivity (Wildman–Crippen MR) is 125 cm³/mol. The second-order valence-electron chi connectivity index (χ2n) is 7.48. The average molecular weight is 481 g/mol. The Balaban J connectivity index is 1.87. The molecule has 1 amide bonds. The fraction of sp³-hybridized carbons (Fsp3) is 0.174. The molecule has 4 rings (SSSR count). The Hall–Kier alpha value is -3.39. The van der Waals surface area contributed by atoms with Gasteiger partial charge < -0.3 is 9.88 Å². The Kier molecular flexibility index (Phi) is 5.41. The molecule has 0 aliphatic carbocycles. The lowest BCUT2D eigenvalue weighted by Crippen LogP contribution is -2.41. The minimum Gasteiger partial charge on any atom is -0.342 e. The van der Waals surface area contributed by atoms with Crippen molar-refractivity contribution in [1.82, 2.24) is 13.7 Å². The number of rotatable bonds is 4. The third kappa shape index (κ3) is 3.86. The van der Waals surface area contributed by atoms with E-state index >= 15 is 0 Å². The van der Waals surface area contributed by atoms with Crippen molar-refractivity contribution in [3.63, 3.8) is 0 Å². The lowest BCUT2D eigenvalue weighted by Gasteiger charge is -2.13. The van der Waals surface area contributed by atoms with Gasteiger partial charge in [-0.15, -0.1) is 0 Å². The summed E-state index contributed by atoms with van der Waals surface area (Å²) in [4.78, 5) is 39.4. The summed E-state index contributed by atoms with van der Waals surface area (Å²) in [5, 5.41) is 2.80. The highest BCUT2D eigenvalue weighted by Crippen LogP contribution is 2.17. The molecule has 0 saturated carbocycles. The number of carbonyl (C=O) groups is 1. The average Bonchev–Trinajstić information content (AvgIpc) is 3.01. The number of anilines is 1. The maximum Gasteiger partial charge on any atom is 0.336 e. The van der Waals surface area contributed by atoms with Crippen LogP contribution >= 0.6 is 15.9 Å². The van der Waals surface area contributed by atoms with Gasteiger partial charge >= 0.3 is 5.69 Å². The molecule has 8 heteroatoms. The number of amides is 1. The molecule has 0 unspecified atom stereocenters. The molecule has 0 fully saturated rings. The van der Waals surface area contributed by atoms with Gasteiger partial charge in [-0.1, -0.05) is 39.7 Å². The Bertz CT molecular complexity index is 1430. The van der Waals surface area contributed by atoms with Crippen molar-refractivity contribution in [3.05, 3.63) is 91.2 Å². The first-order valence-electron chi connectivity index (χ1n) is 9.70. The van der Waals surface area contributed by atoms with Crippen LogP contribution in [0.15, 0.2) is 68.7 Å². The maximum absolute atomic E-state index is 13.4. The molecule has 4 aromatic rings. The standard InChI is InChI=1S/C23H21BrN4O3/c1-14-7-9-18(10-8-14)28-22(30)21-19(11-15(2)26(21)3)27(23(28)31)13-20(29)25-17-6-4-5-16(24)12-17/h4-12H,13H2,1-3H3,(H,25,29). The van der Waals surface area contributed by atoms with E-state index in [1.54, 1.807) is 41.9 Å². The SMILES string of the molecule is Cc1ccc(-n2c(=O)c3c(cc(C)n3C)n(CC(=O)Nc3cccc(Br)c3)c2=O)cc1. The number of hydrogen-bond acceptors (Lipinski definition) is 3. The van der Waals surface area contributed by atoms with E-state index in [9.17, 15) is 14.4 Å². The van der Waals surface area contributed by atoms with Crippen molar-refractivity contribution >= 4 is 38.6 Å². The van der Waals surface area contributed by atoms with Crippen LogP contribution < -0.4 is 16.6 Å². The van der Waals surface area contributed by atoms with Gasteiger partial charge in [0.1, 0.15) is 12.1 Å². The quantitative estimate of drug-likeness (QED) is 0.485. The minimum absolute atomic E-state index is 0.225. The highest BCUT2D eigenvalue weighted by atomic mass is 79.9. The van der Waals surface area contributed by atoms with Crippen LogP contribution in [0, 0.1) is 13.8 Å². The monoisotopic (exact) mass is 480 g/mol. The smallest absolute Gasteiger partial charge is 0.336 e. The lowest BCUT2D eigenvalue weighted by atomic mass is 10.2. The Morgan fingerprint density at radius 2 is 1.74 bits per heavy atom. The van der Waals surface area contributed by atoms with Crippen LogP contribution in [0.4, 0.5) is 5.69 Å². The molecule has 7 nitrogen and oxygen atoms in total. The molecule has 2 aromatic carbocycles. The van der Waals surface area contributed by atoms with E-state index in [1.807, 2.05) is 38.1 Å². The molecule has 158 valence electrons. The zero-order valence-electron chi connectivity index (χ0n) is 17.3.